The van der Waals surface area contributed by atoms with Crippen molar-refractivity contribution >= 4 is 6.01 Å². The van der Waals surface area contributed by atoms with Gasteiger partial charge in [0, 0.05) is 25.5 Å². The monoisotopic (exact) mass is 207 g/mol. The summed E-state index contributed by atoms with van der Waals surface area (Å²) in [5, 5.41) is 6.74. The van der Waals surface area contributed by atoms with Crippen LogP contribution in [0.25, 0.3) is 0 Å². The second-order valence-corrected chi connectivity index (χ2v) is 3.23. The van der Waals surface area contributed by atoms with E-state index in [0.29, 0.717) is 11.8 Å². The maximum absolute atomic E-state index is 4.91. The predicted molar refractivity (Wildman–Crippen MR) is 54.4 cm³/mol. The molecule has 0 aromatic carbocycles. The van der Waals surface area contributed by atoms with Gasteiger partial charge in [0.15, 0.2) is 5.82 Å². The van der Waals surface area contributed by atoms with Gasteiger partial charge in [-0.15, -0.1) is 0 Å². The van der Waals surface area contributed by atoms with Crippen LogP contribution in [0.2, 0.25) is 0 Å². The first-order valence-electron chi connectivity index (χ1n) is 4.84. The molecule has 0 saturated carbocycles. The zero-order chi connectivity index (χ0) is 10.5. The Balaban J connectivity index is 1.67. The predicted octanol–water partition coefficient (Wildman–Crippen LogP) is 1.08. The van der Waals surface area contributed by atoms with E-state index in [2.05, 4.69) is 20.4 Å². The molecular formula is C9H13N5O. The van der Waals surface area contributed by atoms with E-state index in [1.54, 1.807) is 19.4 Å². The number of nitrogens with zero attached hydrogens (tertiary/aromatic N) is 4. The molecule has 0 saturated heterocycles. The van der Waals surface area contributed by atoms with E-state index in [0.717, 1.165) is 19.5 Å². The standard InChI is InChI=1S/C9H13N5O/c1-8-12-9(15-13-8)11-3-2-5-14-6-4-10-7-14/h4,6-7H,2-3,5H2,1H3,(H,11,12,13). The Morgan fingerprint density at radius 3 is 3.13 bits per heavy atom. The molecule has 0 atom stereocenters. The molecule has 1 N–H and O–H groups in total. The fraction of sp³-hybridized carbons (Fsp3) is 0.444. The highest BCUT2D eigenvalue weighted by molar-refractivity contribution is 5.17. The van der Waals surface area contributed by atoms with Gasteiger partial charge in [0.2, 0.25) is 0 Å². The molecule has 0 amide bonds. The Kier molecular flexibility index (Phi) is 2.96. The van der Waals surface area contributed by atoms with Gasteiger partial charge in [-0.2, -0.15) is 4.98 Å². The summed E-state index contributed by atoms with van der Waals surface area (Å²) in [4.78, 5) is 8.00. The van der Waals surface area contributed by atoms with Crippen LogP contribution in [0.5, 0.6) is 0 Å². The Morgan fingerprint density at radius 1 is 1.53 bits per heavy atom. The maximum Gasteiger partial charge on any atom is 0.321 e. The van der Waals surface area contributed by atoms with E-state index in [9.17, 15) is 0 Å². The van der Waals surface area contributed by atoms with Crippen LogP contribution in [0.1, 0.15) is 12.2 Å². The van der Waals surface area contributed by atoms with E-state index in [-0.39, 0.29) is 0 Å². The van der Waals surface area contributed by atoms with Gasteiger partial charge in [0.1, 0.15) is 0 Å². The fourth-order valence-electron chi connectivity index (χ4n) is 1.24. The number of hydrogen-bond acceptors (Lipinski definition) is 5. The van der Waals surface area contributed by atoms with Crippen molar-refractivity contribution < 1.29 is 4.52 Å². The Hall–Kier alpha value is -1.85. The zero-order valence-electron chi connectivity index (χ0n) is 8.55. The summed E-state index contributed by atoms with van der Waals surface area (Å²) >= 11 is 0. The topological polar surface area (TPSA) is 68.8 Å². The molecule has 0 aliphatic carbocycles. The molecule has 2 aromatic heterocycles. The van der Waals surface area contributed by atoms with Gasteiger partial charge < -0.3 is 14.4 Å². The number of rotatable bonds is 5. The molecule has 0 fully saturated rings. The molecule has 0 spiro atoms. The lowest BCUT2D eigenvalue weighted by atomic mass is 10.4. The normalized spacial score (nSPS) is 10.5. The van der Waals surface area contributed by atoms with Crippen LogP contribution < -0.4 is 5.32 Å². The van der Waals surface area contributed by atoms with Gasteiger partial charge in [0.25, 0.3) is 0 Å². The summed E-state index contributed by atoms with van der Waals surface area (Å²) in [7, 11) is 0. The number of hydrogen-bond donors (Lipinski definition) is 1. The van der Waals surface area contributed by atoms with Crippen molar-refractivity contribution in [3.05, 3.63) is 24.5 Å². The van der Waals surface area contributed by atoms with E-state index in [4.69, 9.17) is 4.52 Å². The third-order valence-corrected chi connectivity index (χ3v) is 1.96. The van der Waals surface area contributed by atoms with Crippen LogP contribution in [0.15, 0.2) is 23.2 Å². The first-order valence-corrected chi connectivity index (χ1v) is 4.84. The lowest BCUT2D eigenvalue weighted by Crippen LogP contribution is -2.05. The van der Waals surface area contributed by atoms with Crippen molar-refractivity contribution in [2.24, 2.45) is 0 Å². The molecule has 15 heavy (non-hydrogen) atoms. The largest absolute Gasteiger partial charge is 0.338 e. The van der Waals surface area contributed by atoms with Crippen molar-refractivity contribution in [3.8, 4) is 0 Å². The van der Waals surface area contributed by atoms with Crippen LogP contribution in [-0.4, -0.2) is 26.2 Å². The summed E-state index contributed by atoms with van der Waals surface area (Å²) < 4.78 is 6.94. The number of nitrogens with one attached hydrogen (secondary N) is 1. The van der Waals surface area contributed by atoms with Gasteiger partial charge in [-0.05, 0) is 13.3 Å². The second kappa shape index (κ2) is 4.59. The minimum atomic E-state index is 0.484. The summed E-state index contributed by atoms with van der Waals surface area (Å²) in [6.45, 7) is 3.53. The van der Waals surface area contributed by atoms with Crippen LogP contribution in [0, 0.1) is 6.92 Å². The average Bonchev–Trinajstić information content (AvgIpc) is 2.84. The summed E-state index contributed by atoms with van der Waals surface area (Å²) in [6, 6.07) is 0.484. The molecule has 0 radical (unpaired) electrons. The van der Waals surface area contributed by atoms with Crippen molar-refractivity contribution in [1.82, 2.24) is 19.7 Å². The molecule has 2 aromatic rings. The quantitative estimate of drug-likeness (QED) is 0.743. The van der Waals surface area contributed by atoms with Gasteiger partial charge in [-0.1, -0.05) is 5.16 Å². The van der Waals surface area contributed by atoms with Crippen molar-refractivity contribution in [3.63, 3.8) is 0 Å². The number of anilines is 1. The minimum absolute atomic E-state index is 0.484. The molecule has 6 heteroatoms. The molecule has 0 unspecified atom stereocenters. The van der Waals surface area contributed by atoms with E-state index >= 15 is 0 Å². The molecular weight excluding hydrogens is 194 g/mol. The van der Waals surface area contributed by atoms with Crippen molar-refractivity contribution in [2.45, 2.75) is 19.9 Å². The van der Waals surface area contributed by atoms with Crippen LogP contribution >= 0.6 is 0 Å². The highest BCUT2D eigenvalue weighted by atomic mass is 16.5. The Morgan fingerprint density at radius 2 is 2.47 bits per heavy atom. The number of aromatic nitrogens is 4. The summed E-state index contributed by atoms with van der Waals surface area (Å²) in [6.07, 6.45) is 6.50. The summed E-state index contributed by atoms with van der Waals surface area (Å²) in [5.41, 5.74) is 0. The van der Waals surface area contributed by atoms with Gasteiger partial charge in [0.05, 0.1) is 6.33 Å². The van der Waals surface area contributed by atoms with Gasteiger partial charge in [-0.3, -0.25) is 0 Å². The highest BCUT2D eigenvalue weighted by Gasteiger charge is 1.99. The van der Waals surface area contributed by atoms with Gasteiger partial charge >= 0.3 is 6.01 Å². The smallest absolute Gasteiger partial charge is 0.321 e. The van der Waals surface area contributed by atoms with E-state index < -0.39 is 0 Å². The third kappa shape index (κ3) is 2.80. The molecule has 2 rings (SSSR count). The first-order chi connectivity index (χ1) is 7.34. The Labute approximate surface area is 87.3 Å². The van der Waals surface area contributed by atoms with Crippen LogP contribution in [-0.2, 0) is 6.54 Å². The van der Waals surface area contributed by atoms with Crippen LogP contribution in [0.3, 0.4) is 0 Å². The van der Waals surface area contributed by atoms with E-state index in [1.807, 2.05) is 10.8 Å². The van der Waals surface area contributed by atoms with Gasteiger partial charge in [-0.25, -0.2) is 4.98 Å². The molecule has 0 aliphatic heterocycles. The zero-order valence-corrected chi connectivity index (χ0v) is 8.55. The lowest BCUT2D eigenvalue weighted by molar-refractivity contribution is 0.424. The van der Waals surface area contributed by atoms with Crippen molar-refractivity contribution in [1.29, 1.82) is 0 Å². The molecule has 0 bridgehead atoms. The Bertz CT molecular complexity index is 394. The molecule has 6 nitrogen and oxygen atoms in total. The SMILES string of the molecule is Cc1noc(NCCCn2ccnc2)n1. The second-order valence-electron chi connectivity index (χ2n) is 3.23. The number of aryl methyl sites for hydroxylation is 2. The molecule has 2 heterocycles. The fourth-order valence-corrected chi connectivity index (χ4v) is 1.24. The first kappa shape index (κ1) is 9.70. The van der Waals surface area contributed by atoms with Crippen LogP contribution in [0.4, 0.5) is 6.01 Å². The molecule has 0 aliphatic rings. The minimum Gasteiger partial charge on any atom is -0.338 e. The highest BCUT2D eigenvalue weighted by Crippen LogP contribution is 2.01. The van der Waals surface area contributed by atoms with Crippen molar-refractivity contribution in [2.75, 3.05) is 11.9 Å². The third-order valence-electron chi connectivity index (χ3n) is 1.96. The lowest BCUT2D eigenvalue weighted by Gasteiger charge is -2.01. The number of imidazole rings is 1. The average molecular weight is 207 g/mol. The maximum atomic E-state index is 4.91. The summed E-state index contributed by atoms with van der Waals surface area (Å²) in [5.74, 6) is 0.645. The molecule has 80 valence electrons. The van der Waals surface area contributed by atoms with E-state index in [1.165, 1.54) is 0 Å².